The van der Waals surface area contributed by atoms with Crippen molar-refractivity contribution in [1.29, 1.82) is 0 Å². The molecule has 27 heavy (non-hydrogen) atoms. The Kier molecular flexibility index (Phi) is 4.88. The molecule has 2 aromatic carbocycles. The number of aryl methyl sites for hydroxylation is 1. The molecular weight excluding hydrogens is 328 g/mol. The van der Waals surface area contributed by atoms with E-state index in [1.807, 2.05) is 0 Å². The van der Waals surface area contributed by atoms with Crippen LogP contribution in [-0.4, -0.2) is 0 Å². The van der Waals surface area contributed by atoms with Crippen molar-refractivity contribution in [1.82, 2.24) is 0 Å². The molecule has 0 amide bonds. The van der Waals surface area contributed by atoms with Gasteiger partial charge in [0.25, 0.3) is 0 Å². The van der Waals surface area contributed by atoms with Gasteiger partial charge in [-0.15, -0.1) is 0 Å². The Labute approximate surface area is 161 Å². The summed E-state index contributed by atoms with van der Waals surface area (Å²) in [6, 6.07) is 21.4. The van der Waals surface area contributed by atoms with Gasteiger partial charge >= 0.3 is 0 Å². The predicted octanol–water partition coefficient (Wildman–Crippen LogP) is 5.96. The van der Waals surface area contributed by atoms with Gasteiger partial charge in [0.1, 0.15) is 6.54 Å². The number of nitrogens with zero attached hydrogens (tertiary/aromatic N) is 1. The topological polar surface area (TPSA) is 15.9 Å². The van der Waals surface area contributed by atoms with E-state index < -0.39 is 0 Å². The fraction of sp³-hybridized carbons (Fsp3) is 0.160. The van der Waals surface area contributed by atoms with Crippen LogP contribution < -0.4 is 9.88 Å². The van der Waals surface area contributed by atoms with Crippen LogP contribution in [0.4, 0.5) is 5.69 Å². The molecule has 2 heteroatoms. The molecule has 0 bridgehead atoms. The van der Waals surface area contributed by atoms with Gasteiger partial charge in [-0.3, -0.25) is 0 Å². The predicted molar refractivity (Wildman–Crippen MR) is 115 cm³/mol. The minimum atomic E-state index is 0.949. The molecule has 0 saturated carbocycles. The lowest BCUT2D eigenvalue weighted by atomic mass is 9.98. The van der Waals surface area contributed by atoms with Gasteiger partial charge in [0.15, 0.2) is 0 Å². The Bertz CT molecular complexity index is 1070. The summed E-state index contributed by atoms with van der Waals surface area (Å²) >= 11 is 0. The molecular formula is C25H25N2+. The average Bonchev–Trinajstić information content (AvgIpc) is 2.73. The molecule has 2 nitrogen and oxygen atoms in total. The summed E-state index contributed by atoms with van der Waals surface area (Å²) in [4.78, 5) is 0. The quantitative estimate of drug-likeness (QED) is 0.572. The summed E-state index contributed by atoms with van der Waals surface area (Å²) in [5, 5.41) is 4.79. The summed E-state index contributed by atoms with van der Waals surface area (Å²) < 4.78 is 2.36. The number of aromatic nitrogens is 1. The fourth-order valence-electron chi connectivity index (χ4n) is 3.67. The van der Waals surface area contributed by atoms with Crippen molar-refractivity contribution < 1.29 is 4.57 Å². The maximum Gasteiger partial charge on any atom is 0.212 e. The Hall–Kier alpha value is -3.13. The van der Waals surface area contributed by atoms with Crippen LogP contribution in [0.15, 0.2) is 84.6 Å². The van der Waals surface area contributed by atoms with Crippen LogP contribution in [0.1, 0.15) is 31.5 Å². The molecule has 134 valence electrons. The van der Waals surface area contributed by atoms with E-state index in [0.29, 0.717) is 0 Å². The van der Waals surface area contributed by atoms with Gasteiger partial charge in [-0.25, -0.2) is 0 Å². The highest BCUT2D eigenvalue weighted by Gasteiger charge is 2.13. The molecule has 1 aliphatic heterocycles. The number of hydrogen-bond acceptors (Lipinski definition) is 1. The first-order valence-corrected chi connectivity index (χ1v) is 9.67. The third-order valence-electron chi connectivity index (χ3n) is 5.08. The van der Waals surface area contributed by atoms with E-state index >= 15 is 0 Å². The zero-order valence-corrected chi connectivity index (χ0v) is 15.9. The van der Waals surface area contributed by atoms with E-state index in [1.54, 1.807) is 0 Å². The summed E-state index contributed by atoms with van der Waals surface area (Å²) in [6.45, 7) is 5.32. The van der Waals surface area contributed by atoms with Crippen molar-refractivity contribution >= 4 is 28.2 Å². The van der Waals surface area contributed by atoms with Crippen molar-refractivity contribution in [2.75, 3.05) is 5.32 Å². The van der Waals surface area contributed by atoms with Crippen LogP contribution in [0.5, 0.6) is 0 Å². The Balaban J connectivity index is 1.72. The first-order chi connectivity index (χ1) is 13.3. The second-order valence-electron chi connectivity index (χ2n) is 6.74. The van der Waals surface area contributed by atoms with Crippen molar-refractivity contribution in [3.8, 4) is 0 Å². The zero-order chi connectivity index (χ0) is 18.6. The van der Waals surface area contributed by atoms with E-state index in [0.717, 1.165) is 13.0 Å². The number of allylic oxidation sites excluding steroid dienone is 5. The van der Waals surface area contributed by atoms with Gasteiger partial charge in [0.2, 0.25) is 11.2 Å². The first kappa shape index (κ1) is 17.3. The molecule has 1 N–H and O–H groups in total. The Morgan fingerprint density at radius 1 is 0.926 bits per heavy atom. The fourth-order valence-corrected chi connectivity index (χ4v) is 3.67. The SMILES string of the molecule is CCC1=CC(=CC=Cc2ccc3ccccc3[n+]2CC)c2ccccc2N1. The zero-order valence-electron chi connectivity index (χ0n) is 15.9. The number of para-hydroxylation sites is 2. The molecule has 0 aliphatic carbocycles. The minimum absolute atomic E-state index is 0.949. The minimum Gasteiger partial charge on any atom is -0.358 e. The van der Waals surface area contributed by atoms with Crippen molar-refractivity contribution in [2.24, 2.45) is 0 Å². The van der Waals surface area contributed by atoms with Crippen molar-refractivity contribution in [3.63, 3.8) is 0 Å². The largest absolute Gasteiger partial charge is 0.358 e. The maximum atomic E-state index is 3.52. The van der Waals surface area contributed by atoms with Gasteiger partial charge in [-0.2, -0.15) is 4.57 Å². The monoisotopic (exact) mass is 353 g/mol. The van der Waals surface area contributed by atoms with Gasteiger partial charge in [-0.05, 0) is 43.2 Å². The molecule has 1 aliphatic rings. The number of rotatable bonds is 4. The summed E-state index contributed by atoms with van der Waals surface area (Å²) in [5.74, 6) is 0. The summed E-state index contributed by atoms with van der Waals surface area (Å²) in [6.07, 6.45) is 9.83. The van der Waals surface area contributed by atoms with Crippen molar-refractivity contribution in [2.45, 2.75) is 26.8 Å². The number of benzene rings is 2. The van der Waals surface area contributed by atoms with Crippen LogP contribution in [0.2, 0.25) is 0 Å². The number of nitrogens with one attached hydrogen (secondary N) is 1. The van der Waals surface area contributed by atoms with Gasteiger partial charge < -0.3 is 5.32 Å². The van der Waals surface area contributed by atoms with E-state index in [9.17, 15) is 0 Å². The lowest BCUT2D eigenvalue weighted by Crippen LogP contribution is -2.36. The third kappa shape index (κ3) is 3.43. The van der Waals surface area contributed by atoms with Crippen LogP contribution in [0.3, 0.4) is 0 Å². The number of fused-ring (bicyclic) bond motifs is 2. The van der Waals surface area contributed by atoms with Crippen LogP contribution in [0, 0.1) is 0 Å². The molecule has 0 atom stereocenters. The number of hydrogen-bond donors (Lipinski definition) is 1. The Morgan fingerprint density at radius 3 is 2.59 bits per heavy atom. The second kappa shape index (κ2) is 7.63. The highest BCUT2D eigenvalue weighted by molar-refractivity contribution is 5.87. The summed E-state index contributed by atoms with van der Waals surface area (Å²) in [5.41, 5.74) is 7.43. The highest BCUT2D eigenvalue weighted by atomic mass is 15.0. The van der Waals surface area contributed by atoms with Crippen LogP contribution >= 0.6 is 0 Å². The van der Waals surface area contributed by atoms with E-state index in [1.165, 1.54) is 39.1 Å². The number of pyridine rings is 1. The normalized spacial score (nSPS) is 15.0. The highest BCUT2D eigenvalue weighted by Crippen LogP contribution is 2.32. The van der Waals surface area contributed by atoms with E-state index in [2.05, 4.69) is 109 Å². The summed E-state index contributed by atoms with van der Waals surface area (Å²) in [7, 11) is 0. The van der Waals surface area contributed by atoms with Crippen molar-refractivity contribution in [3.05, 3.63) is 95.8 Å². The molecule has 0 fully saturated rings. The molecule has 1 aromatic heterocycles. The Morgan fingerprint density at radius 2 is 1.74 bits per heavy atom. The molecule has 0 saturated heterocycles. The van der Waals surface area contributed by atoms with E-state index in [-0.39, 0.29) is 0 Å². The third-order valence-corrected chi connectivity index (χ3v) is 5.08. The number of anilines is 1. The smallest absolute Gasteiger partial charge is 0.212 e. The van der Waals surface area contributed by atoms with Crippen LogP contribution in [-0.2, 0) is 6.54 Å². The molecule has 0 unspecified atom stereocenters. The lowest BCUT2D eigenvalue weighted by Gasteiger charge is -2.20. The standard InChI is InChI=1S/C25H24N2/c1-3-21-18-20(23-13-6-7-14-24(23)26-21)11-9-12-22-17-16-19-10-5-8-15-25(19)27(22)4-2/h5-18H,3-4H2,1-2H3/p+1. The van der Waals surface area contributed by atoms with Crippen LogP contribution in [0.25, 0.3) is 22.6 Å². The van der Waals surface area contributed by atoms with Gasteiger partial charge in [0.05, 0.1) is 0 Å². The first-order valence-electron chi connectivity index (χ1n) is 9.67. The maximum absolute atomic E-state index is 3.52. The molecule has 4 rings (SSSR count). The molecule has 0 radical (unpaired) electrons. The average molecular weight is 353 g/mol. The van der Waals surface area contributed by atoms with E-state index in [4.69, 9.17) is 0 Å². The second-order valence-corrected chi connectivity index (χ2v) is 6.74. The molecule has 0 spiro atoms. The van der Waals surface area contributed by atoms with Gasteiger partial charge in [0, 0.05) is 40.5 Å². The lowest BCUT2D eigenvalue weighted by molar-refractivity contribution is -0.669. The molecule has 3 aromatic rings. The van der Waals surface area contributed by atoms with Gasteiger partial charge in [-0.1, -0.05) is 49.4 Å². The molecule has 2 heterocycles.